The van der Waals surface area contributed by atoms with Gasteiger partial charge in [-0.15, -0.1) is 0 Å². The lowest BCUT2D eigenvalue weighted by molar-refractivity contribution is -0.115. The average Bonchev–Trinajstić information content (AvgIpc) is 3.30. The second kappa shape index (κ2) is 12.3. The van der Waals surface area contributed by atoms with Gasteiger partial charge in [-0.05, 0) is 57.2 Å². The molecule has 1 aliphatic heterocycles. The number of hydrogen-bond acceptors (Lipinski definition) is 9. The van der Waals surface area contributed by atoms with E-state index in [0.29, 0.717) is 24.1 Å². The molecule has 1 saturated heterocycles. The minimum atomic E-state index is -0.642. The van der Waals surface area contributed by atoms with Crippen LogP contribution in [-0.4, -0.2) is 63.0 Å². The number of benzene rings is 1. The van der Waals surface area contributed by atoms with Gasteiger partial charge in [-0.3, -0.25) is 4.79 Å². The third kappa shape index (κ3) is 8.03. The van der Waals surface area contributed by atoms with Crippen LogP contribution in [0.2, 0.25) is 0 Å². The summed E-state index contributed by atoms with van der Waals surface area (Å²) in [5, 5.41) is 16.6. The molecule has 0 bridgehead atoms. The first-order valence-electron chi connectivity index (χ1n) is 13.3. The number of ether oxygens (including phenoxy) is 2. The molecule has 0 atom stereocenters. The molecule has 3 aromatic rings. The number of fused-ring (bicyclic) bond motifs is 1. The van der Waals surface area contributed by atoms with Crippen LogP contribution < -0.4 is 21.3 Å². The van der Waals surface area contributed by atoms with E-state index in [-0.39, 0.29) is 24.4 Å². The highest BCUT2D eigenvalue weighted by atomic mass is 16.6. The number of anilines is 3. The number of hydrogen-bond donors (Lipinski definition) is 4. The van der Waals surface area contributed by atoms with Crippen molar-refractivity contribution < 1.29 is 19.1 Å². The van der Waals surface area contributed by atoms with Gasteiger partial charge in [-0.25, -0.2) is 4.79 Å². The number of aromatic nitrogens is 4. The zero-order valence-electron chi connectivity index (χ0n) is 23.2. The lowest BCUT2D eigenvalue weighted by atomic mass is 10.1. The number of nitrogens with zero attached hydrogens (tertiary/aromatic N) is 4. The highest BCUT2D eigenvalue weighted by Crippen LogP contribution is 2.23. The Kier molecular flexibility index (Phi) is 8.85. The summed E-state index contributed by atoms with van der Waals surface area (Å²) in [6.45, 7) is 11.2. The number of rotatable bonds is 9. The van der Waals surface area contributed by atoms with Crippen molar-refractivity contribution >= 4 is 35.2 Å². The maximum absolute atomic E-state index is 12.3. The predicted molar refractivity (Wildman–Crippen MR) is 149 cm³/mol. The van der Waals surface area contributed by atoms with Gasteiger partial charge in [0.25, 0.3) is 0 Å². The first-order valence-corrected chi connectivity index (χ1v) is 13.3. The smallest absolute Gasteiger partial charge is 0.408 e. The minimum Gasteiger partial charge on any atom is -0.444 e. The fourth-order valence-electron chi connectivity index (χ4n) is 4.12. The SMILES string of the molecule is CC(C)c1cnn2c(NCc3cccc(NC(=O)CNC(=O)OC(C)(C)C)c3)nc(NC3CCOCC3)nc12. The van der Waals surface area contributed by atoms with Crippen LogP contribution in [-0.2, 0) is 20.8 Å². The molecule has 4 rings (SSSR count). The Balaban J connectivity index is 1.43. The van der Waals surface area contributed by atoms with Crippen LogP contribution in [0.25, 0.3) is 5.65 Å². The summed E-state index contributed by atoms with van der Waals surface area (Å²) < 4.78 is 12.4. The van der Waals surface area contributed by atoms with Gasteiger partial charge in [-0.2, -0.15) is 19.6 Å². The summed E-state index contributed by atoms with van der Waals surface area (Å²) in [5.74, 6) is 1.02. The van der Waals surface area contributed by atoms with Crippen LogP contribution in [0.3, 0.4) is 0 Å². The van der Waals surface area contributed by atoms with Gasteiger partial charge in [0, 0.05) is 37.1 Å². The fraction of sp³-hybridized carbons (Fsp3) is 0.519. The Labute approximate surface area is 228 Å². The Morgan fingerprint density at radius 2 is 1.95 bits per heavy atom. The average molecular weight is 539 g/mol. The molecule has 1 aliphatic rings. The number of carbonyl (C=O) groups excluding carboxylic acids is 2. The van der Waals surface area contributed by atoms with Gasteiger partial charge >= 0.3 is 6.09 Å². The molecule has 0 spiro atoms. The molecule has 2 amide bonds. The number of carbonyl (C=O) groups is 2. The summed E-state index contributed by atoms with van der Waals surface area (Å²) in [6.07, 6.45) is 3.00. The highest BCUT2D eigenvalue weighted by molar-refractivity contribution is 5.93. The molecule has 2 aromatic heterocycles. The summed E-state index contributed by atoms with van der Waals surface area (Å²) >= 11 is 0. The molecule has 3 heterocycles. The van der Waals surface area contributed by atoms with Gasteiger partial charge in [0.05, 0.1) is 6.20 Å². The number of alkyl carbamates (subject to hydrolysis) is 1. The lowest BCUT2D eigenvalue weighted by Crippen LogP contribution is -2.37. The Hall–Kier alpha value is -3.93. The van der Waals surface area contributed by atoms with Crippen LogP contribution in [0.4, 0.5) is 22.4 Å². The van der Waals surface area contributed by atoms with Crippen LogP contribution in [0.1, 0.15) is 64.5 Å². The zero-order valence-corrected chi connectivity index (χ0v) is 23.2. The van der Waals surface area contributed by atoms with Crippen molar-refractivity contribution in [2.24, 2.45) is 0 Å². The Bertz CT molecular complexity index is 1290. The van der Waals surface area contributed by atoms with E-state index in [9.17, 15) is 9.59 Å². The van der Waals surface area contributed by atoms with E-state index in [0.717, 1.165) is 42.8 Å². The molecular formula is C27H38N8O4. The molecule has 0 aliphatic carbocycles. The second-order valence-electron chi connectivity index (χ2n) is 10.8. The van der Waals surface area contributed by atoms with E-state index in [1.165, 1.54) is 0 Å². The van der Waals surface area contributed by atoms with Crippen molar-refractivity contribution in [3.63, 3.8) is 0 Å². The molecule has 1 fully saturated rings. The van der Waals surface area contributed by atoms with E-state index in [1.807, 2.05) is 24.4 Å². The van der Waals surface area contributed by atoms with Crippen LogP contribution in [0.5, 0.6) is 0 Å². The van der Waals surface area contributed by atoms with Crippen molar-refractivity contribution in [2.75, 3.05) is 35.7 Å². The first-order chi connectivity index (χ1) is 18.6. The molecule has 1 aromatic carbocycles. The molecule has 12 heteroatoms. The lowest BCUT2D eigenvalue weighted by Gasteiger charge is -2.23. The zero-order chi connectivity index (χ0) is 28.0. The molecule has 210 valence electrons. The molecule has 0 saturated carbocycles. The topological polar surface area (TPSA) is 144 Å². The van der Waals surface area contributed by atoms with Crippen molar-refractivity contribution in [3.05, 3.63) is 41.6 Å². The maximum atomic E-state index is 12.3. The molecular weight excluding hydrogens is 500 g/mol. The van der Waals surface area contributed by atoms with Crippen LogP contribution in [0.15, 0.2) is 30.5 Å². The van der Waals surface area contributed by atoms with Gasteiger partial charge in [0.2, 0.25) is 17.8 Å². The maximum Gasteiger partial charge on any atom is 0.408 e. The third-order valence-corrected chi connectivity index (χ3v) is 6.03. The van der Waals surface area contributed by atoms with E-state index in [2.05, 4.69) is 40.2 Å². The Morgan fingerprint density at radius 3 is 2.67 bits per heavy atom. The quantitative estimate of drug-likeness (QED) is 0.319. The largest absolute Gasteiger partial charge is 0.444 e. The van der Waals surface area contributed by atoms with Crippen molar-refractivity contribution in [1.29, 1.82) is 0 Å². The summed E-state index contributed by atoms with van der Waals surface area (Å²) in [4.78, 5) is 33.6. The van der Waals surface area contributed by atoms with Gasteiger partial charge < -0.3 is 30.7 Å². The normalized spacial score (nSPS) is 14.3. The second-order valence-corrected chi connectivity index (χ2v) is 10.8. The van der Waals surface area contributed by atoms with Crippen LogP contribution >= 0.6 is 0 Å². The molecule has 39 heavy (non-hydrogen) atoms. The molecule has 0 radical (unpaired) electrons. The number of amides is 2. The van der Waals surface area contributed by atoms with Crippen molar-refractivity contribution in [2.45, 2.75) is 71.6 Å². The van der Waals surface area contributed by atoms with Crippen molar-refractivity contribution in [3.8, 4) is 0 Å². The van der Waals surface area contributed by atoms with E-state index in [1.54, 1.807) is 31.4 Å². The Morgan fingerprint density at radius 1 is 1.18 bits per heavy atom. The van der Waals surface area contributed by atoms with E-state index < -0.39 is 11.7 Å². The van der Waals surface area contributed by atoms with Gasteiger partial charge in [0.15, 0.2) is 5.65 Å². The van der Waals surface area contributed by atoms with E-state index in [4.69, 9.17) is 19.4 Å². The monoisotopic (exact) mass is 538 g/mol. The summed E-state index contributed by atoms with van der Waals surface area (Å²) in [5.41, 5.74) is 2.71. The predicted octanol–water partition coefficient (Wildman–Crippen LogP) is 3.91. The highest BCUT2D eigenvalue weighted by Gasteiger charge is 2.19. The van der Waals surface area contributed by atoms with Gasteiger partial charge in [-0.1, -0.05) is 26.0 Å². The molecule has 4 N–H and O–H groups in total. The number of nitrogens with one attached hydrogen (secondary N) is 4. The minimum absolute atomic E-state index is 0.198. The van der Waals surface area contributed by atoms with E-state index >= 15 is 0 Å². The first kappa shape index (κ1) is 28.1. The standard InChI is InChI=1S/C27H38N8O4/c1-17(2)21-15-30-35-23(21)33-24(32-19-9-11-38-12-10-19)34-25(35)28-14-18-7-6-8-20(13-18)31-22(36)16-29-26(37)39-27(3,4)5/h6-8,13,15,17,19H,9-12,14,16H2,1-5H3,(H,29,37)(H,31,36)(H2,28,32,33,34). The summed E-state index contributed by atoms with van der Waals surface area (Å²) in [7, 11) is 0. The van der Waals surface area contributed by atoms with Crippen molar-refractivity contribution in [1.82, 2.24) is 24.9 Å². The molecule has 12 nitrogen and oxygen atoms in total. The fourth-order valence-corrected chi connectivity index (χ4v) is 4.12. The third-order valence-electron chi connectivity index (χ3n) is 6.03. The van der Waals surface area contributed by atoms with Gasteiger partial charge in [0.1, 0.15) is 12.1 Å². The van der Waals surface area contributed by atoms with Crippen LogP contribution in [0, 0.1) is 0 Å². The summed E-state index contributed by atoms with van der Waals surface area (Å²) in [6, 6.07) is 7.71. The molecule has 0 unspecified atom stereocenters.